The summed E-state index contributed by atoms with van der Waals surface area (Å²) in [7, 11) is -3.57. The number of carbonyl (C=O) groups is 1. The number of rotatable bonds is 4. The number of hydrogen-bond donors (Lipinski definition) is 0. The summed E-state index contributed by atoms with van der Waals surface area (Å²) in [4.78, 5) is 15.1. The minimum atomic E-state index is -3.57. The minimum absolute atomic E-state index is 0.00215. The van der Waals surface area contributed by atoms with Crippen LogP contribution < -0.4 is 0 Å². The molecule has 5 rings (SSSR count). The number of benzene rings is 3. The average molecular weight is 480 g/mol. The van der Waals surface area contributed by atoms with E-state index in [4.69, 9.17) is 0 Å². The predicted molar refractivity (Wildman–Crippen MR) is 122 cm³/mol. The fourth-order valence-corrected chi connectivity index (χ4v) is 4.71. The van der Waals surface area contributed by atoms with Crippen molar-refractivity contribution in [1.82, 2.24) is 14.7 Å². The molecule has 4 aromatic rings. The first-order valence-electron chi connectivity index (χ1n) is 10.4. The summed E-state index contributed by atoms with van der Waals surface area (Å²) in [5.74, 6) is -1.28. The van der Waals surface area contributed by atoms with Gasteiger partial charge in [-0.25, -0.2) is 21.9 Å². The Balaban J connectivity index is 1.50. The highest BCUT2D eigenvalue weighted by atomic mass is 32.2. The van der Waals surface area contributed by atoms with Gasteiger partial charge in [-0.15, -0.1) is 0 Å². The normalized spacial score (nSPS) is 13.2. The summed E-state index contributed by atoms with van der Waals surface area (Å²) in [6.07, 6.45) is 2.75. The summed E-state index contributed by atoms with van der Waals surface area (Å²) < 4.78 is 53.7. The monoisotopic (exact) mass is 479 g/mol. The molecule has 0 N–H and O–H groups in total. The van der Waals surface area contributed by atoms with Crippen LogP contribution in [0.15, 0.2) is 77.8 Å². The van der Waals surface area contributed by atoms with Crippen molar-refractivity contribution < 1.29 is 22.0 Å². The lowest BCUT2D eigenvalue weighted by atomic mass is 9.98. The maximum Gasteiger partial charge on any atom is 0.255 e. The Kier molecular flexibility index (Phi) is 5.28. The van der Waals surface area contributed by atoms with Gasteiger partial charge < -0.3 is 4.90 Å². The summed E-state index contributed by atoms with van der Waals surface area (Å²) in [6.45, 7) is 0.412. The van der Waals surface area contributed by atoms with Crippen molar-refractivity contribution in [3.63, 3.8) is 0 Å². The highest BCUT2D eigenvalue weighted by molar-refractivity contribution is 7.90. The van der Waals surface area contributed by atoms with Crippen LogP contribution in [0.4, 0.5) is 8.78 Å². The summed E-state index contributed by atoms with van der Waals surface area (Å²) in [5, 5.41) is 4.43. The molecule has 0 saturated carbocycles. The minimum Gasteiger partial charge on any atom is -0.328 e. The lowest BCUT2D eigenvalue weighted by Crippen LogP contribution is -2.26. The van der Waals surface area contributed by atoms with Crippen molar-refractivity contribution in [3.8, 4) is 16.8 Å². The number of nitrogens with zero attached hydrogens (tertiary/aromatic N) is 3. The van der Waals surface area contributed by atoms with Gasteiger partial charge in [0.1, 0.15) is 17.3 Å². The van der Waals surface area contributed by atoms with Gasteiger partial charge in [0, 0.05) is 30.1 Å². The summed E-state index contributed by atoms with van der Waals surface area (Å²) in [6, 6.07) is 16.3. The third kappa shape index (κ3) is 3.99. The number of sulfone groups is 1. The third-order valence-corrected chi connectivity index (χ3v) is 6.86. The molecule has 3 aromatic carbocycles. The van der Waals surface area contributed by atoms with Crippen LogP contribution in [-0.4, -0.2) is 35.3 Å². The van der Waals surface area contributed by atoms with Gasteiger partial charge in [-0.2, -0.15) is 5.10 Å². The van der Waals surface area contributed by atoms with Gasteiger partial charge in [0.15, 0.2) is 9.84 Å². The van der Waals surface area contributed by atoms with Gasteiger partial charge >= 0.3 is 0 Å². The van der Waals surface area contributed by atoms with E-state index in [1.807, 2.05) is 0 Å². The van der Waals surface area contributed by atoms with E-state index in [0.717, 1.165) is 11.8 Å². The van der Waals surface area contributed by atoms with E-state index in [9.17, 15) is 22.0 Å². The largest absolute Gasteiger partial charge is 0.328 e. The number of aromatic nitrogens is 2. The zero-order valence-corrected chi connectivity index (χ0v) is 18.9. The molecule has 1 aromatic heterocycles. The Morgan fingerprint density at radius 1 is 0.971 bits per heavy atom. The van der Waals surface area contributed by atoms with Gasteiger partial charge in [-0.1, -0.05) is 30.3 Å². The molecule has 6 nitrogen and oxygen atoms in total. The van der Waals surface area contributed by atoms with Crippen molar-refractivity contribution in [2.75, 3.05) is 6.26 Å². The predicted octanol–water partition coefficient (Wildman–Crippen LogP) is 4.38. The van der Waals surface area contributed by atoms with Gasteiger partial charge in [0.25, 0.3) is 5.91 Å². The average Bonchev–Trinajstić information content (AvgIpc) is 3.37. The van der Waals surface area contributed by atoms with Crippen LogP contribution in [0.1, 0.15) is 21.6 Å². The Morgan fingerprint density at radius 3 is 2.47 bits per heavy atom. The van der Waals surface area contributed by atoms with Crippen LogP contribution in [0.25, 0.3) is 16.8 Å². The molecule has 0 saturated heterocycles. The van der Waals surface area contributed by atoms with Crippen molar-refractivity contribution in [2.24, 2.45) is 0 Å². The smallest absolute Gasteiger partial charge is 0.255 e. The Labute approximate surface area is 195 Å². The standard InChI is InChI=1S/C25H19F2N3O3S/c1-34(32,33)19-9-10-20(16-5-4-6-18(26)11-16)21(12-19)25(31)29-13-17-14-30(28-23(17)15-29)24-8-3-2-7-22(24)27/h2-12,14H,13,15H2,1H3. The molecule has 0 atom stereocenters. The number of fused-ring (bicyclic) bond motifs is 1. The van der Waals surface area contributed by atoms with Gasteiger partial charge in [-0.05, 0) is 47.5 Å². The van der Waals surface area contributed by atoms with E-state index in [0.29, 0.717) is 22.5 Å². The van der Waals surface area contributed by atoms with E-state index < -0.39 is 27.4 Å². The number of carbonyl (C=O) groups excluding carboxylic acids is 1. The zero-order chi connectivity index (χ0) is 24.0. The van der Waals surface area contributed by atoms with E-state index in [1.165, 1.54) is 52.0 Å². The van der Waals surface area contributed by atoms with Crippen molar-refractivity contribution >= 4 is 15.7 Å². The highest BCUT2D eigenvalue weighted by Gasteiger charge is 2.30. The van der Waals surface area contributed by atoms with Gasteiger partial charge in [-0.3, -0.25) is 4.79 Å². The van der Waals surface area contributed by atoms with Crippen LogP contribution in [0.5, 0.6) is 0 Å². The van der Waals surface area contributed by atoms with E-state index in [1.54, 1.807) is 30.5 Å². The Bertz CT molecular complexity index is 1520. The van der Waals surface area contributed by atoms with Crippen molar-refractivity contribution in [3.05, 3.63) is 101 Å². The van der Waals surface area contributed by atoms with Crippen LogP contribution in [-0.2, 0) is 22.9 Å². The second-order valence-corrected chi connectivity index (χ2v) is 10.2. The molecule has 0 radical (unpaired) electrons. The quantitative estimate of drug-likeness (QED) is 0.436. The van der Waals surface area contributed by atoms with Crippen LogP contribution >= 0.6 is 0 Å². The first kappa shape index (κ1) is 22.0. The third-order valence-electron chi connectivity index (χ3n) is 5.75. The summed E-state index contributed by atoms with van der Waals surface area (Å²) in [5.41, 5.74) is 2.75. The summed E-state index contributed by atoms with van der Waals surface area (Å²) >= 11 is 0. The molecule has 1 amide bonds. The molecule has 1 aliphatic rings. The van der Waals surface area contributed by atoms with E-state index in [2.05, 4.69) is 5.10 Å². The lowest BCUT2D eigenvalue weighted by molar-refractivity contribution is 0.0749. The number of hydrogen-bond acceptors (Lipinski definition) is 4. The molecule has 9 heteroatoms. The SMILES string of the molecule is CS(=O)(=O)c1ccc(-c2cccc(F)c2)c(C(=O)N2Cc3cn(-c4ccccc4F)nc3C2)c1. The number of amides is 1. The zero-order valence-electron chi connectivity index (χ0n) is 18.1. The van der Waals surface area contributed by atoms with Gasteiger partial charge in [0.05, 0.1) is 17.1 Å². The van der Waals surface area contributed by atoms with Gasteiger partial charge in [0.2, 0.25) is 0 Å². The van der Waals surface area contributed by atoms with E-state index in [-0.39, 0.29) is 23.5 Å². The number of para-hydroxylation sites is 1. The molecule has 0 spiro atoms. The second kappa shape index (κ2) is 8.18. The molecular formula is C25H19F2N3O3S. The second-order valence-electron chi connectivity index (χ2n) is 8.15. The molecule has 0 aliphatic carbocycles. The highest BCUT2D eigenvalue weighted by Crippen LogP contribution is 2.31. The molecule has 172 valence electrons. The number of halogens is 2. The maximum atomic E-state index is 14.1. The maximum absolute atomic E-state index is 14.1. The van der Waals surface area contributed by atoms with Crippen molar-refractivity contribution in [1.29, 1.82) is 0 Å². The Morgan fingerprint density at radius 2 is 1.76 bits per heavy atom. The van der Waals surface area contributed by atoms with E-state index >= 15 is 0 Å². The molecule has 2 heterocycles. The molecule has 0 unspecified atom stereocenters. The first-order chi connectivity index (χ1) is 16.2. The molecule has 0 bridgehead atoms. The van der Waals surface area contributed by atoms with Crippen LogP contribution in [0, 0.1) is 11.6 Å². The Hall–Kier alpha value is -3.85. The fourth-order valence-electron chi connectivity index (χ4n) is 4.07. The topological polar surface area (TPSA) is 72.3 Å². The molecule has 34 heavy (non-hydrogen) atoms. The molecule has 0 fully saturated rings. The van der Waals surface area contributed by atoms with Crippen molar-refractivity contribution in [2.45, 2.75) is 18.0 Å². The lowest BCUT2D eigenvalue weighted by Gasteiger charge is -2.19. The first-order valence-corrected chi connectivity index (χ1v) is 12.3. The molecular weight excluding hydrogens is 460 g/mol. The molecule has 1 aliphatic heterocycles. The fraction of sp³-hybridized carbons (Fsp3) is 0.120. The van der Waals surface area contributed by atoms with Crippen LogP contribution in [0.2, 0.25) is 0 Å². The van der Waals surface area contributed by atoms with Crippen LogP contribution in [0.3, 0.4) is 0 Å².